The summed E-state index contributed by atoms with van der Waals surface area (Å²) in [5, 5.41) is 0. The number of Topliss-reactive ketones (excluding diaryl/α,β-unsaturated/α-hetero) is 1. The van der Waals surface area contributed by atoms with Crippen molar-refractivity contribution in [3.8, 4) is 11.8 Å². The summed E-state index contributed by atoms with van der Waals surface area (Å²) in [5.41, 5.74) is 1.10. The zero-order valence-electron chi connectivity index (χ0n) is 13.8. The summed E-state index contributed by atoms with van der Waals surface area (Å²) in [6, 6.07) is 9.98. The molecule has 1 rings (SSSR count). The van der Waals surface area contributed by atoms with Gasteiger partial charge in [-0.2, -0.15) is 0 Å². The van der Waals surface area contributed by atoms with Gasteiger partial charge in [0.2, 0.25) is 5.78 Å². The van der Waals surface area contributed by atoms with Crippen molar-refractivity contribution in [1.82, 2.24) is 0 Å². The first-order valence-electron chi connectivity index (χ1n) is 8.59. The average molecular weight is 296 g/mol. The Morgan fingerprint density at radius 1 is 0.955 bits per heavy atom. The van der Waals surface area contributed by atoms with Gasteiger partial charge in [0.15, 0.2) is 0 Å². The van der Waals surface area contributed by atoms with Crippen LogP contribution in [0.25, 0.3) is 6.08 Å². The Morgan fingerprint density at radius 3 is 2.27 bits per heavy atom. The van der Waals surface area contributed by atoms with Gasteiger partial charge in [0, 0.05) is 6.42 Å². The maximum absolute atomic E-state index is 11.6. The first kappa shape index (κ1) is 18.2. The van der Waals surface area contributed by atoms with Gasteiger partial charge in [0.25, 0.3) is 0 Å². The number of hydrogen-bond acceptors (Lipinski definition) is 1. The summed E-state index contributed by atoms with van der Waals surface area (Å²) in [5.74, 6) is 5.58. The molecule has 0 saturated heterocycles. The third-order valence-electron chi connectivity index (χ3n) is 3.63. The molecule has 0 bridgehead atoms. The number of rotatable bonds is 10. The van der Waals surface area contributed by atoms with E-state index < -0.39 is 0 Å². The normalized spacial score (nSPS) is 10.4. The second-order valence-electron chi connectivity index (χ2n) is 5.66. The topological polar surface area (TPSA) is 17.1 Å². The lowest BCUT2D eigenvalue weighted by atomic mass is 10.1. The van der Waals surface area contributed by atoms with Crippen LogP contribution < -0.4 is 0 Å². The second kappa shape index (κ2) is 12.9. The van der Waals surface area contributed by atoms with E-state index in [9.17, 15) is 4.79 Å². The van der Waals surface area contributed by atoms with E-state index in [-0.39, 0.29) is 5.78 Å². The number of carbonyl (C=O) groups excluding carboxylic acids is 1. The standard InChI is InChI=1S/C21H28O/c1-2-3-4-5-6-7-8-12-18-21(22)19-14-13-17-20-15-10-9-11-16-20/h9-11,13,15-17H,2-8,12,18H2,1H3/b17-13+. The molecule has 118 valence electrons. The molecule has 0 aliphatic carbocycles. The van der Waals surface area contributed by atoms with Crippen LogP contribution in [0.4, 0.5) is 0 Å². The fraction of sp³-hybridized carbons (Fsp3) is 0.476. The lowest BCUT2D eigenvalue weighted by Gasteiger charge is -1.99. The van der Waals surface area contributed by atoms with Gasteiger partial charge < -0.3 is 0 Å². The monoisotopic (exact) mass is 296 g/mol. The molecule has 1 heteroatoms. The van der Waals surface area contributed by atoms with E-state index in [1.165, 1.54) is 38.5 Å². The molecule has 1 aromatic carbocycles. The molecule has 0 aliphatic rings. The van der Waals surface area contributed by atoms with Crippen LogP contribution in [0, 0.1) is 11.8 Å². The second-order valence-corrected chi connectivity index (χ2v) is 5.66. The van der Waals surface area contributed by atoms with E-state index >= 15 is 0 Å². The molecule has 0 fully saturated rings. The van der Waals surface area contributed by atoms with Crippen LogP contribution in [-0.2, 0) is 4.79 Å². The molecule has 0 amide bonds. The van der Waals surface area contributed by atoms with E-state index in [4.69, 9.17) is 0 Å². The minimum Gasteiger partial charge on any atom is -0.285 e. The lowest BCUT2D eigenvalue weighted by molar-refractivity contribution is -0.113. The summed E-state index contributed by atoms with van der Waals surface area (Å²) in [6.45, 7) is 2.24. The van der Waals surface area contributed by atoms with Crippen LogP contribution in [0.5, 0.6) is 0 Å². The summed E-state index contributed by atoms with van der Waals surface area (Å²) in [6.07, 6.45) is 14.3. The van der Waals surface area contributed by atoms with Gasteiger partial charge in [-0.05, 0) is 30.1 Å². The first-order valence-corrected chi connectivity index (χ1v) is 8.59. The fourth-order valence-electron chi connectivity index (χ4n) is 2.31. The Labute approximate surface area is 135 Å². The van der Waals surface area contributed by atoms with Crippen LogP contribution in [0.2, 0.25) is 0 Å². The highest BCUT2D eigenvalue weighted by Crippen LogP contribution is 2.09. The van der Waals surface area contributed by atoms with E-state index in [0.717, 1.165) is 18.4 Å². The third kappa shape index (κ3) is 10.00. The zero-order valence-corrected chi connectivity index (χ0v) is 13.8. The summed E-state index contributed by atoms with van der Waals surface area (Å²) in [4.78, 5) is 11.6. The van der Waals surface area contributed by atoms with E-state index in [2.05, 4.69) is 18.8 Å². The van der Waals surface area contributed by atoms with E-state index in [0.29, 0.717) is 6.42 Å². The number of benzene rings is 1. The molecule has 0 spiro atoms. The van der Waals surface area contributed by atoms with Gasteiger partial charge >= 0.3 is 0 Å². The molecule has 1 aromatic rings. The first-order chi connectivity index (χ1) is 10.8. The minimum absolute atomic E-state index is 0.0590. The molecule has 22 heavy (non-hydrogen) atoms. The number of allylic oxidation sites excluding steroid dienone is 1. The SMILES string of the molecule is CCCCCCCCCCC(=O)C#C/C=C/c1ccccc1. The number of carbonyl (C=O) groups is 1. The van der Waals surface area contributed by atoms with Crippen LogP contribution in [-0.4, -0.2) is 5.78 Å². The Morgan fingerprint density at radius 2 is 1.59 bits per heavy atom. The molecule has 0 radical (unpaired) electrons. The molecular formula is C21H28O. The smallest absolute Gasteiger partial charge is 0.205 e. The Kier molecular flexibility index (Phi) is 10.7. The number of unbranched alkanes of at least 4 members (excludes halogenated alkanes) is 7. The summed E-state index contributed by atoms with van der Waals surface area (Å²) in [7, 11) is 0. The van der Waals surface area contributed by atoms with Crippen molar-refractivity contribution in [3.05, 3.63) is 42.0 Å². The summed E-state index contributed by atoms with van der Waals surface area (Å²) >= 11 is 0. The highest BCUT2D eigenvalue weighted by Gasteiger charge is 1.96. The molecule has 0 atom stereocenters. The predicted octanol–water partition coefficient (Wildman–Crippen LogP) is 5.80. The molecule has 0 heterocycles. The van der Waals surface area contributed by atoms with Gasteiger partial charge in [-0.3, -0.25) is 4.79 Å². The quantitative estimate of drug-likeness (QED) is 0.303. The Balaban J connectivity index is 2.07. The third-order valence-corrected chi connectivity index (χ3v) is 3.63. The molecule has 0 unspecified atom stereocenters. The molecule has 1 nitrogen and oxygen atoms in total. The van der Waals surface area contributed by atoms with Gasteiger partial charge in [-0.25, -0.2) is 0 Å². The van der Waals surface area contributed by atoms with Gasteiger partial charge in [-0.15, -0.1) is 0 Å². The minimum atomic E-state index is 0.0590. The summed E-state index contributed by atoms with van der Waals surface area (Å²) < 4.78 is 0. The largest absolute Gasteiger partial charge is 0.285 e. The van der Waals surface area contributed by atoms with Crippen LogP contribution in [0.3, 0.4) is 0 Å². The number of hydrogen-bond donors (Lipinski definition) is 0. The maximum atomic E-state index is 11.6. The Hall–Kier alpha value is -1.81. The van der Waals surface area contributed by atoms with Gasteiger partial charge in [0.1, 0.15) is 0 Å². The van der Waals surface area contributed by atoms with Crippen molar-refractivity contribution in [2.24, 2.45) is 0 Å². The molecule has 0 N–H and O–H groups in total. The average Bonchev–Trinajstić information content (AvgIpc) is 2.55. The van der Waals surface area contributed by atoms with Gasteiger partial charge in [-0.1, -0.05) is 88.1 Å². The van der Waals surface area contributed by atoms with E-state index in [1.807, 2.05) is 36.4 Å². The van der Waals surface area contributed by atoms with Crippen molar-refractivity contribution >= 4 is 11.9 Å². The zero-order chi connectivity index (χ0) is 15.9. The van der Waals surface area contributed by atoms with Crippen LogP contribution >= 0.6 is 0 Å². The highest BCUT2D eigenvalue weighted by atomic mass is 16.1. The maximum Gasteiger partial charge on any atom is 0.205 e. The number of ketones is 1. The van der Waals surface area contributed by atoms with Gasteiger partial charge in [0.05, 0.1) is 0 Å². The molecule has 0 aliphatic heterocycles. The Bertz CT molecular complexity index is 488. The van der Waals surface area contributed by atoms with E-state index in [1.54, 1.807) is 6.08 Å². The van der Waals surface area contributed by atoms with Crippen molar-refractivity contribution in [2.75, 3.05) is 0 Å². The van der Waals surface area contributed by atoms with Crippen molar-refractivity contribution in [1.29, 1.82) is 0 Å². The highest BCUT2D eigenvalue weighted by molar-refractivity contribution is 5.95. The molecular weight excluding hydrogens is 268 g/mol. The molecule has 0 saturated carbocycles. The molecule has 0 aromatic heterocycles. The fourth-order valence-corrected chi connectivity index (χ4v) is 2.31. The van der Waals surface area contributed by atoms with Crippen molar-refractivity contribution < 1.29 is 4.79 Å². The lowest BCUT2D eigenvalue weighted by Crippen LogP contribution is -1.92. The predicted molar refractivity (Wildman–Crippen MR) is 95.5 cm³/mol. The van der Waals surface area contributed by atoms with Crippen LogP contribution in [0.15, 0.2) is 36.4 Å². The van der Waals surface area contributed by atoms with Crippen molar-refractivity contribution in [3.63, 3.8) is 0 Å². The van der Waals surface area contributed by atoms with Crippen LogP contribution in [0.1, 0.15) is 70.3 Å². The van der Waals surface area contributed by atoms with Crippen molar-refractivity contribution in [2.45, 2.75) is 64.7 Å².